The highest BCUT2D eigenvalue weighted by Crippen LogP contribution is 2.27. The van der Waals surface area contributed by atoms with Gasteiger partial charge in [0.05, 0.1) is 23.7 Å². The summed E-state index contributed by atoms with van der Waals surface area (Å²) in [5, 5.41) is 1.56. The number of hydrogen-bond donors (Lipinski definition) is 1. The Labute approximate surface area is 97.1 Å². The summed E-state index contributed by atoms with van der Waals surface area (Å²) in [6.07, 6.45) is 3.36. The van der Waals surface area contributed by atoms with E-state index >= 15 is 0 Å². The topological polar surface area (TPSA) is 41.6 Å². The summed E-state index contributed by atoms with van der Waals surface area (Å²) in [7, 11) is 0. The summed E-state index contributed by atoms with van der Waals surface area (Å²) < 4.78 is 0. The van der Waals surface area contributed by atoms with Gasteiger partial charge in [-0.25, -0.2) is 9.97 Å². The fourth-order valence-corrected chi connectivity index (χ4v) is 1.93. The van der Waals surface area contributed by atoms with E-state index in [0.717, 1.165) is 22.2 Å². The number of imidazole rings is 1. The minimum absolute atomic E-state index is 0.489. The third-order valence-corrected chi connectivity index (χ3v) is 2.75. The standard InChI is InChI=1S/C12H8ClN3/c13-12-9(11-6-14-7-15-11)5-8-3-1-2-4-10(8)16-12/h1-7H,(H,14,15). The molecule has 2 aromatic heterocycles. The normalized spacial score (nSPS) is 10.8. The molecule has 2 heterocycles. The third kappa shape index (κ3) is 1.46. The van der Waals surface area contributed by atoms with Gasteiger partial charge in [0.1, 0.15) is 5.15 Å². The van der Waals surface area contributed by atoms with Crippen molar-refractivity contribution in [3.05, 3.63) is 48.0 Å². The Kier molecular flexibility index (Phi) is 2.11. The summed E-state index contributed by atoms with van der Waals surface area (Å²) in [5.74, 6) is 0. The monoisotopic (exact) mass is 229 g/mol. The highest BCUT2D eigenvalue weighted by Gasteiger charge is 2.07. The molecule has 3 rings (SSSR count). The molecule has 3 aromatic rings. The molecule has 4 heteroatoms. The number of nitrogens with one attached hydrogen (secondary N) is 1. The van der Waals surface area contributed by atoms with Crippen LogP contribution in [0.4, 0.5) is 0 Å². The van der Waals surface area contributed by atoms with E-state index in [1.807, 2.05) is 30.3 Å². The third-order valence-electron chi connectivity index (χ3n) is 2.47. The summed E-state index contributed by atoms with van der Waals surface area (Å²) in [6.45, 7) is 0. The minimum Gasteiger partial charge on any atom is -0.345 e. The van der Waals surface area contributed by atoms with Crippen LogP contribution >= 0.6 is 11.6 Å². The molecule has 3 nitrogen and oxygen atoms in total. The molecule has 1 N–H and O–H groups in total. The highest BCUT2D eigenvalue weighted by molar-refractivity contribution is 6.32. The number of aromatic amines is 1. The number of rotatable bonds is 1. The minimum atomic E-state index is 0.489. The maximum absolute atomic E-state index is 6.14. The van der Waals surface area contributed by atoms with E-state index in [0.29, 0.717) is 5.15 Å². The molecule has 0 aliphatic rings. The van der Waals surface area contributed by atoms with Gasteiger partial charge in [-0.2, -0.15) is 0 Å². The zero-order valence-electron chi connectivity index (χ0n) is 8.31. The predicted octanol–water partition coefficient (Wildman–Crippen LogP) is 3.28. The van der Waals surface area contributed by atoms with Crippen LogP contribution < -0.4 is 0 Å². The van der Waals surface area contributed by atoms with Crippen LogP contribution in [-0.4, -0.2) is 15.0 Å². The van der Waals surface area contributed by atoms with Crippen molar-refractivity contribution in [2.75, 3.05) is 0 Å². The first-order valence-electron chi connectivity index (χ1n) is 4.88. The van der Waals surface area contributed by atoms with Gasteiger partial charge in [0.25, 0.3) is 0 Å². The van der Waals surface area contributed by atoms with E-state index in [4.69, 9.17) is 11.6 Å². The van der Waals surface area contributed by atoms with E-state index in [1.54, 1.807) is 12.5 Å². The smallest absolute Gasteiger partial charge is 0.139 e. The number of aromatic nitrogens is 3. The lowest BCUT2D eigenvalue weighted by Gasteiger charge is -2.03. The molecule has 0 unspecified atom stereocenters. The van der Waals surface area contributed by atoms with Crippen molar-refractivity contribution in [1.82, 2.24) is 15.0 Å². The van der Waals surface area contributed by atoms with Crippen molar-refractivity contribution < 1.29 is 0 Å². The van der Waals surface area contributed by atoms with Crippen LogP contribution in [0.5, 0.6) is 0 Å². The number of para-hydroxylation sites is 1. The first kappa shape index (κ1) is 9.36. The van der Waals surface area contributed by atoms with Gasteiger partial charge in [-0.05, 0) is 12.1 Å². The summed E-state index contributed by atoms with van der Waals surface area (Å²) >= 11 is 6.14. The Balaban J connectivity index is 2.30. The number of hydrogen-bond acceptors (Lipinski definition) is 2. The van der Waals surface area contributed by atoms with Crippen LogP contribution in [0.2, 0.25) is 5.15 Å². The van der Waals surface area contributed by atoms with Crippen molar-refractivity contribution >= 4 is 22.5 Å². The summed E-state index contributed by atoms with van der Waals surface area (Å²) in [6, 6.07) is 9.89. The number of fused-ring (bicyclic) bond motifs is 1. The molecule has 0 aliphatic carbocycles. The van der Waals surface area contributed by atoms with Crippen LogP contribution in [0, 0.1) is 0 Å². The molecule has 0 amide bonds. The van der Waals surface area contributed by atoms with Gasteiger partial charge in [0.2, 0.25) is 0 Å². The molecule has 0 saturated heterocycles. The first-order valence-corrected chi connectivity index (χ1v) is 5.26. The molecule has 78 valence electrons. The molecule has 0 atom stereocenters. The Bertz CT molecular complexity index is 632. The second-order valence-corrected chi connectivity index (χ2v) is 3.84. The van der Waals surface area contributed by atoms with E-state index in [2.05, 4.69) is 15.0 Å². The highest BCUT2D eigenvalue weighted by atomic mass is 35.5. The lowest BCUT2D eigenvalue weighted by atomic mass is 10.1. The Hall–Kier alpha value is -1.87. The zero-order chi connectivity index (χ0) is 11.0. The van der Waals surface area contributed by atoms with Crippen molar-refractivity contribution in [1.29, 1.82) is 0 Å². The number of pyridine rings is 1. The molecule has 0 bridgehead atoms. The molecule has 1 aromatic carbocycles. The number of nitrogens with zero attached hydrogens (tertiary/aromatic N) is 2. The molecule has 16 heavy (non-hydrogen) atoms. The maximum atomic E-state index is 6.14. The molecular weight excluding hydrogens is 222 g/mol. The fourth-order valence-electron chi connectivity index (χ4n) is 1.68. The average Bonchev–Trinajstić information content (AvgIpc) is 2.81. The SMILES string of the molecule is Clc1nc2ccccc2cc1-c1cnc[nH]1. The van der Waals surface area contributed by atoms with Crippen LogP contribution in [0.25, 0.3) is 22.2 Å². The van der Waals surface area contributed by atoms with E-state index in [1.165, 1.54) is 0 Å². The van der Waals surface area contributed by atoms with Crippen molar-refractivity contribution in [3.8, 4) is 11.3 Å². The zero-order valence-corrected chi connectivity index (χ0v) is 9.07. The molecule has 0 saturated carbocycles. The van der Waals surface area contributed by atoms with Gasteiger partial charge >= 0.3 is 0 Å². The van der Waals surface area contributed by atoms with Crippen LogP contribution in [0.15, 0.2) is 42.9 Å². The second-order valence-electron chi connectivity index (χ2n) is 3.48. The maximum Gasteiger partial charge on any atom is 0.139 e. The number of benzene rings is 1. The Morgan fingerprint density at radius 3 is 2.88 bits per heavy atom. The van der Waals surface area contributed by atoms with Crippen LogP contribution in [0.1, 0.15) is 0 Å². The van der Waals surface area contributed by atoms with Crippen LogP contribution in [-0.2, 0) is 0 Å². The summed E-state index contributed by atoms with van der Waals surface area (Å²) in [4.78, 5) is 11.4. The first-order chi connectivity index (χ1) is 7.84. The predicted molar refractivity (Wildman–Crippen MR) is 64.3 cm³/mol. The molecule has 0 aliphatic heterocycles. The van der Waals surface area contributed by atoms with Gasteiger partial charge < -0.3 is 4.98 Å². The lowest BCUT2D eigenvalue weighted by molar-refractivity contribution is 1.31. The largest absolute Gasteiger partial charge is 0.345 e. The van der Waals surface area contributed by atoms with Crippen molar-refractivity contribution in [2.24, 2.45) is 0 Å². The van der Waals surface area contributed by atoms with E-state index in [-0.39, 0.29) is 0 Å². The molecule has 0 fully saturated rings. The van der Waals surface area contributed by atoms with Gasteiger partial charge in [-0.3, -0.25) is 0 Å². The quantitative estimate of drug-likeness (QED) is 0.651. The van der Waals surface area contributed by atoms with Gasteiger partial charge in [-0.1, -0.05) is 29.8 Å². The second kappa shape index (κ2) is 3.61. The Morgan fingerprint density at radius 2 is 2.06 bits per heavy atom. The summed E-state index contributed by atoms with van der Waals surface area (Å²) in [5.41, 5.74) is 2.65. The van der Waals surface area contributed by atoms with E-state index < -0.39 is 0 Å². The van der Waals surface area contributed by atoms with Crippen LogP contribution in [0.3, 0.4) is 0 Å². The number of H-pyrrole nitrogens is 1. The van der Waals surface area contributed by atoms with Gasteiger partial charge in [0.15, 0.2) is 0 Å². The Morgan fingerprint density at radius 1 is 1.19 bits per heavy atom. The fraction of sp³-hybridized carbons (Fsp3) is 0. The lowest BCUT2D eigenvalue weighted by Crippen LogP contribution is -1.85. The van der Waals surface area contributed by atoms with Crippen molar-refractivity contribution in [3.63, 3.8) is 0 Å². The van der Waals surface area contributed by atoms with E-state index in [9.17, 15) is 0 Å². The van der Waals surface area contributed by atoms with Crippen molar-refractivity contribution in [2.45, 2.75) is 0 Å². The molecule has 0 spiro atoms. The van der Waals surface area contributed by atoms with Gasteiger partial charge in [-0.15, -0.1) is 0 Å². The number of halogens is 1. The molecular formula is C12H8ClN3. The molecule has 0 radical (unpaired) electrons. The van der Waals surface area contributed by atoms with Gasteiger partial charge in [0, 0.05) is 10.9 Å². The average molecular weight is 230 g/mol.